The number of carbonyl (C=O) groups is 2. The molecule has 1 saturated heterocycles. The van der Waals surface area contributed by atoms with E-state index in [9.17, 15) is 14.0 Å². The molecule has 3 atom stereocenters. The van der Waals surface area contributed by atoms with Gasteiger partial charge in [-0.05, 0) is 61.6 Å². The van der Waals surface area contributed by atoms with Crippen molar-refractivity contribution in [2.45, 2.75) is 63.2 Å². The lowest BCUT2D eigenvalue weighted by Crippen LogP contribution is -2.59. The first-order valence-electron chi connectivity index (χ1n) is 9.16. The number of hydrogen-bond donors (Lipinski definition) is 3. The fourth-order valence-corrected chi connectivity index (χ4v) is 3.68. The highest BCUT2D eigenvalue weighted by molar-refractivity contribution is 5.89. The number of carbonyl (C=O) groups excluding carboxylic acids is 2. The fourth-order valence-electron chi connectivity index (χ4n) is 3.68. The van der Waals surface area contributed by atoms with Crippen LogP contribution in [0.15, 0.2) is 18.2 Å². The van der Waals surface area contributed by atoms with E-state index < -0.39 is 6.04 Å². The van der Waals surface area contributed by atoms with Gasteiger partial charge in [0.05, 0.1) is 24.7 Å². The summed E-state index contributed by atoms with van der Waals surface area (Å²) in [5.74, 6) is 0.239. The lowest BCUT2D eigenvalue weighted by molar-refractivity contribution is -0.132. The Balaban J connectivity index is 1.49. The molecular weight excluding hydrogens is 321 g/mol. The predicted octanol–water partition coefficient (Wildman–Crippen LogP) is 2.09. The zero-order chi connectivity index (χ0) is 17.6. The highest BCUT2D eigenvalue weighted by atomic mass is 19.1. The minimum Gasteiger partial charge on any atom is -0.348 e. The summed E-state index contributed by atoms with van der Waals surface area (Å²) in [4.78, 5) is 24.3. The summed E-state index contributed by atoms with van der Waals surface area (Å²) in [6, 6.07) is 4.68. The van der Waals surface area contributed by atoms with Crippen LogP contribution in [0.2, 0.25) is 0 Å². The van der Waals surface area contributed by atoms with Crippen LogP contribution in [0, 0.1) is 11.7 Å². The van der Waals surface area contributed by atoms with Crippen molar-refractivity contribution < 1.29 is 14.0 Å². The molecule has 3 fully saturated rings. The first-order valence-corrected chi connectivity index (χ1v) is 9.16. The Labute approximate surface area is 146 Å². The van der Waals surface area contributed by atoms with E-state index in [4.69, 9.17) is 0 Å². The molecule has 2 amide bonds. The van der Waals surface area contributed by atoms with Gasteiger partial charge >= 0.3 is 0 Å². The van der Waals surface area contributed by atoms with E-state index in [0.717, 1.165) is 36.8 Å². The van der Waals surface area contributed by atoms with Gasteiger partial charge in [0, 0.05) is 0 Å². The molecule has 25 heavy (non-hydrogen) atoms. The molecule has 2 saturated carbocycles. The first kappa shape index (κ1) is 16.5. The van der Waals surface area contributed by atoms with Crippen molar-refractivity contribution in [2.75, 3.05) is 0 Å². The van der Waals surface area contributed by atoms with Crippen LogP contribution in [0.25, 0.3) is 0 Å². The highest BCUT2D eigenvalue weighted by Gasteiger charge is 2.37. The molecule has 0 spiro atoms. The van der Waals surface area contributed by atoms with Crippen LogP contribution in [0.4, 0.5) is 4.39 Å². The Hall–Kier alpha value is -1.95. The number of amides is 2. The molecule has 0 aromatic heterocycles. The Morgan fingerprint density at radius 3 is 2.64 bits per heavy atom. The molecule has 3 N–H and O–H groups in total. The third kappa shape index (κ3) is 3.68. The Kier molecular flexibility index (Phi) is 4.23. The molecule has 1 aromatic carbocycles. The second-order valence-corrected chi connectivity index (χ2v) is 7.59. The molecule has 0 radical (unpaired) electrons. The number of benzene rings is 1. The van der Waals surface area contributed by atoms with Gasteiger partial charge in [-0.15, -0.1) is 0 Å². The molecule has 6 heteroatoms. The summed E-state index contributed by atoms with van der Waals surface area (Å²) in [6.07, 6.45) is 4.09. The van der Waals surface area contributed by atoms with E-state index in [1.807, 2.05) is 19.1 Å². The summed E-state index contributed by atoms with van der Waals surface area (Å²) < 4.78 is 14.4. The second kappa shape index (κ2) is 6.41. The standard InChI is InChI=1S/C19H24FN3O2/c1-10-21-16(9-17(24)22-10)19(25)23-18(12-4-5-12)13-6-7-14(11-2-3-11)15(20)8-13/h6-8,10-12,16,18,21H,2-5,9H2,1H3,(H,22,24)(H,23,25)/t10?,16?,18-/m1/s1. The van der Waals surface area contributed by atoms with E-state index in [1.165, 1.54) is 0 Å². The van der Waals surface area contributed by atoms with E-state index in [-0.39, 0.29) is 36.3 Å². The van der Waals surface area contributed by atoms with Gasteiger partial charge in [-0.2, -0.15) is 0 Å². The third-order valence-electron chi connectivity index (χ3n) is 5.33. The average Bonchev–Trinajstić information content (AvgIpc) is 3.45. The van der Waals surface area contributed by atoms with Crippen LogP contribution < -0.4 is 16.0 Å². The quantitative estimate of drug-likeness (QED) is 0.765. The van der Waals surface area contributed by atoms with Crippen molar-refractivity contribution in [3.8, 4) is 0 Å². The lowest BCUT2D eigenvalue weighted by atomic mass is 9.98. The molecule has 1 heterocycles. The molecule has 3 aliphatic rings. The monoisotopic (exact) mass is 345 g/mol. The van der Waals surface area contributed by atoms with Crippen molar-refractivity contribution in [3.63, 3.8) is 0 Å². The number of halogens is 1. The van der Waals surface area contributed by atoms with Crippen LogP contribution in [-0.2, 0) is 9.59 Å². The summed E-state index contributed by atoms with van der Waals surface area (Å²) in [6.45, 7) is 1.81. The summed E-state index contributed by atoms with van der Waals surface area (Å²) in [7, 11) is 0. The van der Waals surface area contributed by atoms with Gasteiger partial charge in [0.2, 0.25) is 11.8 Å². The highest BCUT2D eigenvalue weighted by Crippen LogP contribution is 2.44. The summed E-state index contributed by atoms with van der Waals surface area (Å²) >= 11 is 0. The third-order valence-corrected chi connectivity index (χ3v) is 5.33. The maximum Gasteiger partial charge on any atom is 0.238 e. The number of nitrogens with one attached hydrogen (secondary N) is 3. The lowest BCUT2D eigenvalue weighted by Gasteiger charge is -2.30. The number of hydrogen-bond acceptors (Lipinski definition) is 3. The van der Waals surface area contributed by atoms with Gasteiger partial charge in [-0.25, -0.2) is 4.39 Å². The Morgan fingerprint density at radius 2 is 2.04 bits per heavy atom. The minimum absolute atomic E-state index is 0.128. The molecule has 2 aliphatic carbocycles. The maximum atomic E-state index is 14.4. The van der Waals surface area contributed by atoms with Gasteiger partial charge in [-0.3, -0.25) is 14.9 Å². The maximum absolute atomic E-state index is 14.4. The Bertz CT molecular complexity index is 700. The van der Waals surface area contributed by atoms with Crippen molar-refractivity contribution >= 4 is 11.8 Å². The summed E-state index contributed by atoms with van der Waals surface area (Å²) in [5.41, 5.74) is 1.62. The zero-order valence-corrected chi connectivity index (χ0v) is 14.3. The van der Waals surface area contributed by atoms with E-state index in [1.54, 1.807) is 6.07 Å². The van der Waals surface area contributed by atoms with Crippen LogP contribution in [0.3, 0.4) is 0 Å². The molecule has 4 rings (SSSR count). The van der Waals surface area contributed by atoms with Crippen LogP contribution in [0.5, 0.6) is 0 Å². The zero-order valence-electron chi connectivity index (χ0n) is 14.3. The molecular formula is C19H24FN3O2. The Morgan fingerprint density at radius 1 is 1.28 bits per heavy atom. The SMILES string of the molecule is CC1NC(=O)CC(C(=O)N[C@@H](c2ccc(C3CC3)c(F)c2)C2CC2)N1. The molecule has 0 bridgehead atoms. The van der Waals surface area contributed by atoms with Crippen LogP contribution in [-0.4, -0.2) is 24.0 Å². The fraction of sp³-hybridized carbons (Fsp3) is 0.579. The van der Waals surface area contributed by atoms with Crippen molar-refractivity contribution in [1.29, 1.82) is 0 Å². The van der Waals surface area contributed by atoms with Gasteiger partial charge in [0.15, 0.2) is 0 Å². The van der Waals surface area contributed by atoms with E-state index in [0.29, 0.717) is 11.8 Å². The molecule has 1 aliphatic heterocycles. The normalized spacial score (nSPS) is 27.5. The first-order chi connectivity index (χ1) is 12.0. The van der Waals surface area contributed by atoms with Gasteiger partial charge in [0.1, 0.15) is 5.82 Å². The van der Waals surface area contributed by atoms with E-state index in [2.05, 4.69) is 16.0 Å². The second-order valence-electron chi connectivity index (χ2n) is 7.59. The average molecular weight is 345 g/mol. The topological polar surface area (TPSA) is 70.2 Å². The largest absolute Gasteiger partial charge is 0.348 e. The minimum atomic E-state index is -0.541. The van der Waals surface area contributed by atoms with Crippen molar-refractivity contribution in [2.24, 2.45) is 5.92 Å². The summed E-state index contributed by atoms with van der Waals surface area (Å²) in [5, 5.41) is 8.87. The van der Waals surface area contributed by atoms with Gasteiger partial charge in [-0.1, -0.05) is 12.1 Å². The van der Waals surface area contributed by atoms with Gasteiger partial charge < -0.3 is 10.6 Å². The van der Waals surface area contributed by atoms with E-state index >= 15 is 0 Å². The van der Waals surface area contributed by atoms with Crippen molar-refractivity contribution in [3.05, 3.63) is 35.1 Å². The van der Waals surface area contributed by atoms with Gasteiger partial charge in [0.25, 0.3) is 0 Å². The molecule has 1 aromatic rings. The van der Waals surface area contributed by atoms with Crippen molar-refractivity contribution in [1.82, 2.24) is 16.0 Å². The smallest absolute Gasteiger partial charge is 0.238 e. The van der Waals surface area contributed by atoms with Crippen LogP contribution in [0.1, 0.15) is 62.1 Å². The predicted molar refractivity (Wildman–Crippen MR) is 91.1 cm³/mol. The number of rotatable bonds is 5. The van der Waals surface area contributed by atoms with Crippen LogP contribution >= 0.6 is 0 Å². The molecule has 2 unspecified atom stereocenters. The molecule has 5 nitrogen and oxygen atoms in total. The molecule has 134 valence electrons.